The van der Waals surface area contributed by atoms with Crippen LogP contribution in [0.2, 0.25) is 5.02 Å². The fourth-order valence-corrected chi connectivity index (χ4v) is 3.08. The molecule has 2 atom stereocenters. The first kappa shape index (κ1) is 15.6. The lowest BCUT2D eigenvalue weighted by Crippen LogP contribution is -2.27. The van der Waals surface area contributed by atoms with Gasteiger partial charge < -0.3 is 10.1 Å². The van der Waals surface area contributed by atoms with Crippen LogP contribution in [0.4, 0.5) is 0 Å². The number of likely N-dealkylation sites (tertiary alicyclic amines) is 1. The Bertz CT molecular complexity index is 584. The van der Waals surface area contributed by atoms with E-state index in [9.17, 15) is 0 Å². The third kappa shape index (κ3) is 3.09. The van der Waals surface area contributed by atoms with Crippen molar-refractivity contribution in [3.63, 3.8) is 0 Å². The lowest BCUT2D eigenvalue weighted by molar-refractivity contribution is 0.253. The molecule has 0 aromatic carbocycles. The standard InChI is InChI=1S/C14H19ClN4.ClH/c1-10-4-11(5-16)6-18(10)8-13-9-19-7-12(15)2-3-14(19)17-13;/h2-3,7,9-11H,4-6,8,16H2,1H3;1H. The second-order valence-electron chi connectivity index (χ2n) is 5.46. The summed E-state index contributed by atoms with van der Waals surface area (Å²) < 4.78 is 1.98. The zero-order valence-electron chi connectivity index (χ0n) is 11.5. The Balaban J connectivity index is 0.00000147. The molecule has 2 N–H and O–H groups in total. The van der Waals surface area contributed by atoms with Crippen LogP contribution in [0, 0.1) is 5.92 Å². The van der Waals surface area contributed by atoms with Gasteiger partial charge in [-0.05, 0) is 37.9 Å². The maximum atomic E-state index is 5.99. The summed E-state index contributed by atoms with van der Waals surface area (Å²) in [4.78, 5) is 7.09. The molecule has 4 nitrogen and oxygen atoms in total. The molecule has 20 heavy (non-hydrogen) atoms. The molecule has 2 aromatic heterocycles. The number of aromatic nitrogens is 2. The fraction of sp³-hybridized carbons (Fsp3) is 0.500. The van der Waals surface area contributed by atoms with Gasteiger partial charge in [-0.15, -0.1) is 12.4 Å². The number of nitrogens with two attached hydrogens (primary N) is 1. The second kappa shape index (κ2) is 6.31. The van der Waals surface area contributed by atoms with Crippen molar-refractivity contribution in [3.8, 4) is 0 Å². The van der Waals surface area contributed by atoms with Gasteiger partial charge in [-0.3, -0.25) is 4.90 Å². The summed E-state index contributed by atoms with van der Waals surface area (Å²) >= 11 is 5.99. The van der Waals surface area contributed by atoms with E-state index in [0.29, 0.717) is 12.0 Å². The van der Waals surface area contributed by atoms with Gasteiger partial charge in [0.15, 0.2) is 0 Å². The van der Waals surface area contributed by atoms with E-state index in [4.69, 9.17) is 17.3 Å². The summed E-state index contributed by atoms with van der Waals surface area (Å²) in [6, 6.07) is 4.40. The average Bonchev–Trinajstić information content (AvgIpc) is 2.93. The van der Waals surface area contributed by atoms with Crippen LogP contribution in [-0.4, -0.2) is 33.4 Å². The molecule has 0 amide bonds. The smallest absolute Gasteiger partial charge is 0.137 e. The van der Waals surface area contributed by atoms with E-state index in [2.05, 4.69) is 23.0 Å². The van der Waals surface area contributed by atoms with Crippen molar-refractivity contribution in [2.24, 2.45) is 11.7 Å². The van der Waals surface area contributed by atoms with E-state index < -0.39 is 0 Å². The van der Waals surface area contributed by atoms with Crippen molar-refractivity contribution >= 4 is 29.7 Å². The van der Waals surface area contributed by atoms with E-state index in [1.807, 2.05) is 22.7 Å². The maximum absolute atomic E-state index is 5.99. The maximum Gasteiger partial charge on any atom is 0.137 e. The van der Waals surface area contributed by atoms with Gasteiger partial charge in [-0.25, -0.2) is 4.98 Å². The van der Waals surface area contributed by atoms with Crippen molar-refractivity contribution in [1.82, 2.24) is 14.3 Å². The molecule has 110 valence electrons. The van der Waals surface area contributed by atoms with Crippen LogP contribution in [0.15, 0.2) is 24.5 Å². The minimum atomic E-state index is 0. The number of hydrogen-bond donors (Lipinski definition) is 1. The Labute approximate surface area is 130 Å². The lowest BCUT2D eigenvalue weighted by atomic mass is 10.1. The molecule has 0 saturated carbocycles. The largest absolute Gasteiger partial charge is 0.330 e. The molecule has 0 bridgehead atoms. The van der Waals surface area contributed by atoms with Crippen molar-refractivity contribution in [2.75, 3.05) is 13.1 Å². The highest BCUT2D eigenvalue weighted by Gasteiger charge is 2.28. The molecule has 2 unspecified atom stereocenters. The topological polar surface area (TPSA) is 46.6 Å². The number of rotatable bonds is 3. The Kier molecular flexibility index (Phi) is 4.91. The average molecular weight is 315 g/mol. The summed E-state index contributed by atoms with van der Waals surface area (Å²) in [7, 11) is 0. The number of pyridine rings is 1. The Morgan fingerprint density at radius 3 is 2.90 bits per heavy atom. The van der Waals surface area contributed by atoms with Crippen LogP contribution in [0.1, 0.15) is 19.0 Å². The Morgan fingerprint density at radius 1 is 1.40 bits per heavy atom. The monoisotopic (exact) mass is 314 g/mol. The van der Waals surface area contributed by atoms with Crippen LogP contribution < -0.4 is 5.73 Å². The zero-order valence-corrected chi connectivity index (χ0v) is 13.1. The van der Waals surface area contributed by atoms with Gasteiger partial charge in [0, 0.05) is 31.5 Å². The molecule has 1 aliphatic rings. The molecule has 0 aliphatic carbocycles. The van der Waals surface area contributed by atoms with Gasteiger partial charge in [-0.1, -0.05) is 11.6 Å². The van der Waals surface area contributed by atoms with E-state index >= 15 is 0 Å². The summed E-state index contributed by atoms with van der Waals surface area (Å²) in [5, 5.41) is 0.731. The summed E-state index contributed by atoms with van der Waals surface area (Å²) in [5.74, 6) is 0.626. The molecule has 2 aromatic rings. The summed E-state index contributed by atoms with van der Waals surface area (Å²) in [6.07, 6.45) is 5.14. The molecule has 1 saturated heterocycles. The number of halogens is 2. The molecule has 0 spiro atoms. The van der Waals surface area contributed by atoms with Crippen LogP contribution in [0.5, 0.6) is 0 Å². The molecule has 3 rings (SSSR count). The van der Waals surface area contributed by atoms with Crippen molar-refractivity contribution in [1.29, 1.82) is 0 Å². The van der Waals surface area contributed by atoms with Gasteiger partial charge in [0.2, 0.25) is 0 Å². The third-order valence-corrected chi connectivity index (χ3v) is 4.18. The quantitative estimate of drug-likeness (QED) is 0.947. The van der Waals surface area contributed by atoms with Gasteiger partial charge in [-0.2, -0.15) is 0 Å². The Hall–Kier alpha value is -0.810. The molecular formula is C14H20Cl2N4. The van der Waals surface area contributed by atoms with Gasteiger partial charge >= 0.3 is 0 Å². The molecule has 6 heteroatoms. The summed E-state index contributed by atoms with van der Waals surface area (Å²) in [6.45, 7) is 5.01. The predicted molar refractivity (Wildman–Crippen MR) is 84.5 cm³/mol. The molecule has 0 radical (unpaired) electrons. The number of fused-ring (bicyclic) bond motifs is 1. The van der Waals surface area contributed by atoms with Crippen LogP contribution in [0.3, 0.4) is 0 Å². The molecule has 1 aliphatic heterocycles. The molecule has 1 fully saturated rings. The predicted octanol–water partition coefficient (Wildman–Crippen LogP) is 2.58. The first-order chi connectivity index (χ1) is 9.15. The van der Waals surface area contributed by atoms with E-state index in [1.54, 1.807) is 0 Å². The highest BCUT2D eigenvalue weighted by Crippen LogP contribution is 2.24. The van der Waals surface area contributed by atoms with Crippen molar-refractivity contribution in [2.45, 2.75) is 25.9 Å². The highest BCUT2D eigenvalue weighted by atomic mass is 35.5. The second-order valence-corrected chi connectivity index (χ2v) is 5.90. The number of nitrogens with zero attached hydrogens (tertiary/aromatic N) is 3. The normalized spacial score (nSPS) is 23.1. The fourth-order valence-electron chi connectivity index (χ4n) is 2.91. The van der Waals surface area contributed by atoms with Crippen LogP contribution >= 0.6 is 24.0 Å². The van der Waals surface area contributed by atoms with Crippen LogP contribution in [0.25, 0.3) is 5.65 Å². The lowest BCUT2D eigenvalue weighted by Gasteiger charge is -2.19. The highest BCUT2D eigenvalue weighted by molar-refractivity contribution is 6.30. The van der Waals surface area contributed by atoms with Gasteiger partial charge in [0.05, 0.1) is 10.7 Å². The van der Waals surface area contributed by atoms with E-state index in [1.165, 1.54) is 6.42 Å². The molecular weight excluding hydrogens is 295 g/mol. The molecule has 3 heterocycles. The SMILES string of the molecule is CC1CC(CN)CN1Cc1cn2cc(Cl)ccc2n1.Cl. The first-order valence-corrected chi connectivity index (χ1v) is 7.10. The minimum absolute atomic E-state index is 0. The number of imidazole rings is 1. The van der Waals surface area contributed by atoms with E-state index in [0.717, 1.165) is 36.0 Å². The van der Waals surface area contributed by atoms with Gasteiger partial charge in [0.25, 0.3) is 0 Å². The van der Waals surface area contributed by atoms with Crippen molar-refractivity contribution in [3.05, 3.63) is 35.2 Å². The first-order valence-electron chi connectivity index (χ1n) is 6.73. The third-order valence-electron chi connectivity index (χ3n) is 3.95. The number of hydrogen-bond acceptors (Lipinski definition) is 3. The Morgan fingerprint density at radius 2 is 2.20 bits per heavy atom. The van der Waals surface area contributed by atoms with Gasteiger partial charge in [0.1, 0.15) is 5.65 Å². The zero-order chi connectivity index (χ0) is 13.4. The minimum Gasteiger partial charge on any atom is -0.330 e. The van der Waals surface area contributed by atoms with Crippen LogP contribution in [-0.2, 0) is 6.54 Å². The van der Waals surface area contributed by atoms with Crippen molar-refractivity contribution < 1.29 is 0 Å². The summed E-state index contributed by atoms with van der Waals surface area (Å²) in [5.41, 5.74) is 7.80. The van der Waals surface area contributed by atoms with E-state index in [-0.39, 0.29) is 12.4 Å².